The van der Waals surface area contributed by atoms with Crippen molar-refractivity contribution in [2.75, 3.05) is 19.7 Å². The third-order valence-corrected chi connectivity index (χ3v) is 3.75. The van der Waals surface area contributed by atoms with E-state index in [0.29, 0.717) is 25.5 Å². The number of ether oxygens (including phenoxy) is 1. The molecule has 1 aliphatic rings. The molecule has 1 aromatic carbocycles. The molecule has 0 saturated carbocycles. The third kappa shape index (κ3) is 5.23. The lowest BCUT2D eigenvalue weighted by molar-refractivity contribution is -0.121. The SMILES string of the molecule is C=CCOc1ccccc1CNC(=O)CCC1CCNC1. The summed E-state index contributed by atoms with van der Waals surface area (Å²) in [6, 6.07) is 7.76. The highest BCUT2D eigenvalue weighted by Gasteiger charge is 2.15. The molecule has 0 aromatic heterocycles. The summed E-state index contributed by atoms with van der Waals surface area (Å²) in [6.45, 7) is 6.75. The van der Waals surface area contributed by atoms with Gasteiger partial charge in [-0.05, 0) is 37.9 Å². The van der Waals surface area contributed by atoms with E-state index < -0.39 is 0 Å². The average Bonchev–Trinajstić information content (AvgIpc) is 3.03. The Bertz CT molecular complexity index is 468. The standard InChI is InChI=1S/C17H24N2O2/c1-2-11-21-16-6-4-3-5-15(16)13-19-17(20)8-7-14-9-10-18-12-14/h2-6,14,18H,1,7-13H2,(H,19,20). The summed E-state index contributed by atoms with van der Waals surface area (Å²) in [5, 5.41) is 6.30. The van der Waals surface area contributed by atoms with Crippen LogP contribution in [0.25, 0.3) is 0 Å². The summed E-state index contributed by atoms with van der Waals surface area (Å²) < 4.78 is 5.58. The topological polar surface area (TPSA) is 50.4 Å². The number of carbonyl (C=O) groups excluding carboxylic acids is 1. The first-order valence-corrected chi connectivity index (χ1v) is 7.58. The van der Waals surface area contributed by atoms with Gasteiger partial charge < -0.3 is 15.4 Å². The molecular weight excluding hydrogens is 264 g/mol. The van der Waals surface area contributed by atoms with Crippen LogP contribution in [0, 0.1) is 5.92 Å². The Balaban J connectivity index is 1.76. The van der Waals surface area contributed by atoms with Gasteiger partial charge in [0.1, 0.15) is 12.4 Å². The number of amides is 1. The van der Waals surface area contributed by atoms with Crippen LogP contribution < -0.4 is 15.4 Å². The number of nitrogens with one attached hydrogen (secondary N) is 2. The van der Waals surface area contributed by atoms with Crippen LogP contribution in [0.15, 0.2) is 36.9 Å². The molecular formula is C17H24N2O2. The van der Waals surface area contributed by atoms with Gasteiger partial charge >= 0.3 is 0 Å². The molecule has 2 rings (SSSR count). The molecule has 1 aliphatic heterocycles. The van der Waals surface area contributed by atoms with Crippen LogP contribution in [0.3, 0.4) is 0 Å². The van der Waals surface area contributed by atoms with Crippen LogP contribution in [-0.4, -0.2) is 25.6 Å². The van der Waals surface area contributed by atoms with Gasteiger partial charge in [0.2, 0.25) is 5.91 Å². The zero-order chi connectivity index (χ0) is 14.9. The molecule has 1 atom stereocenters. The van der Waals surface area contributed by atoms with Crippen LogP contribution in [0.5, 0.6) is 5.75 Å². The minimum absolute atomic E-state index is 0.112. The van der Waals surface area contributed by atoms with E-state index >= 15 is 0 Å². The minimum Gasteiger partial charge on any atom is -0.489 e. The Morgan fingerprint density at radius 2 is 2.33 bits per heavy atom. The maximum atomic E-state index is 11.9. The Morgan fingerprint density at radius 3 is 3.10 bits per heavy atom. The Morgan fingerprint density at radius 1 is 1.48 bits per heavy atom. The molecule has 2 N–H and O–H groups in total. The molecule has 4 heteroatoms. The van der Waals surface area contributed by atoms with Gasteiger partial charge in [0.15, 0.2) is 0 Å². The van der Waals surface area contributed by atoms with Crippen molar-refractivity contribution in [2.45, 2.75) is 25.8 Å². The highest BCUT2D eigenvalue weighted by atomic mass is 16.5. The molecule has 1 aromatic rings. The molecule has 1 fully saturated rings. The lowest BCUT2D eigenvalue weighted by atomic mass is 10.0. The lowest BCUT2D eigenvalue weighted by Crippen LogP contribution is -2.23. The van der Waals surface area contributed by atoms with Gasteiger partial charge in [0.25, 0.3) is 0 Å². The van der Waals surface area contributed by atoms with Gasteiger partial charge in [-0.25, -0.2) is 0 Å². The van der Waals surface area contributed by atoms with Crippen LogP contribution in [-0.2, 0) is 11.3 Å². The van der Waals surface area contributed by atoms with Gasteiger partial charge in [0.05, 0.1) is 0 Å². The third-order valence-electron chi connectivity index (χ3n) is 3.75. The number of rotatable bonds is 8. The summed E-state index contributed by atoms with van der Waals surface area (Å²) >= 11 is 0. The Labute approximate surface area is 126 Å². The molecule has 0 spiro atoms. The molecule has 114 valence electrons. The number of para-hydroxylation sites is 1. The van der Waals surface area contributed by atoms with Crippen LogP contribution >= 0.6 is 0 Å². The molecule has 0 radical (unpaired) electrons. The van der Waals surface area contributed by atoms with E-state index in [1.54, 1.807) is 6.08 Å². The molecule has 1 heterocycles. The fourth-order valence-electron chi connectivity index (χ4n) is 2.52. The fraction of sp³-hybridized carbons (Fsp3) is 0.471. The zero-order valence-electron chi connectivity index (χ0n) is 12.4. The predicted molar refractivity (Wildman–Crippen MR) is 84.2 cm³/mol. The minimum atomic E-state index is 0.112. The summed E-state index contributed by atoms with van der Waals surface area (Å²) in [6.07, 6.45) is 4.46. The number of benzene rings is 1. The fourth-order valence-corrected chi connectivity index (χ4v) is 2.52. The van der Waals surface area contributed by atoms with Crippen molar-refractivity contribution in [2.24, 2.45) is 5.92 Å². The Kier molecular flexibility index (Phi) is 6.28. The smallest absolute Gasteiger partial charge is 0.220 e. The van der Waals surface area contributed by atoms with E-state index in [9.17, 15) is 4.79 Å². The van der Waals surface area contributed by atoms with E-state index in [2.05, 4.69) is 17.2 Å². The van der Waals surface area contributed by atoms with Crippen molar-refractivity contribution < 1.29 is 9.53 Å². The molecule has 1 amide bonds. The van der Waals surface area contributed by atoms with E-state index in [1.165, 1.54) is 6.42 Å². The maximum Gasteiger partial charge on any atom is 0.220 e. The first-order valence-electron chi connectivity index (χ1n) is 7.58. The van der Waals surface area contributed by atoms with E-state index in [4.69, 9.17) is 4.74 Å². The highest BCUT2D eigenvalue weighted by molar-refractivity contribution is 5.75. The highest BCUT2D eigenvalue weighted by Crippen LogP contribution is 2.18. The van der Waals surface area contributed by atoms with Gasteiger partial charge in [-0.2, -0.15) is 0 Å². The summed E-state index contributed by atoms with van der Waals surface area (Å²) in [5.74, 6) is 1.57. The van der Waals surface area contributed by atoms with Crippen LogP contribution in [0.4, 0.5) is 0 Å². The normalized spacial score (nSPS) is 17.4. The molecule has 0 bridgehead atoms. The molecule has 1 saturated heterocycles. The van der Waals surface area contributed by atoms with Gasteiger partial charge in [0, 0.05) is 18.5 Å². The maximum absolute atomic E-state index is 11.9. The lowest BCUT2D eigenvalue weighted by Gasteiger charge is -2.12. The molecule has 4 nitrogen and oxygen atoms in total. The zero-order valence-corrected chi connectivity index (χ0v) is 12.4. The predicted octanol–water partition coefficient (Wildman–Crippen LogP) is 2.26. The van der Waals surface area contributed by atoms with E-state index in [1.807, 2.05) is 24.3 Å². The van der Waals surface area contributed by atoms with E-state index in [-0.39, 0.29) is 5.91 Å². The second-order valence-corrected chi connectivity index (χ2v) is 5.38. The van der Waals surface area contributed by atoms with Crippen molar-refractivity contribution in [1.29, 1.82) is 0 Å². The quantitative estimate of drug-likeness (QED) is 0.721. The van der Waals surface area contributed by atoms with Gasteiger partial charge in [-0.1, -0.05) is 30.9 Å². The first-order chi connectivity index (χ1) is 10.3. The largest absolute Gasteiger partial charge is 0.489 e. The molecule has 0 aliphatic carbocycles. The molecule has 1 unspecified atom stereocenters. The Hall–Kier alpha value is -1.81. The number of hydrogen-bond donors (Lipinski definition) is 2. The summed E-state index contributed by atoms with van der Waals surface area (Å²) in [4.78, 5) is 11.9. The van der Waals surface area contributed by atoms with Gasteiger partial charge in [-0.3, -0.25) is 4.79 Å². The summed E-state index contributed by atoms with van der Waals surface area (Å²) in [7, 11) is 0. The van der Waals surface area contributed by atoms with Crippen molar-refractivity contribution in [1.82, 2.24) is 10.6 Å². The number of carbonyl (C=O) groups is 1. The van der Waals surface area contributed by atoms with Crippen molar-refractivity contribution in [3.8, 4) is 5.75 Å². The second kappa shape index (κ2) is 8.47. The number of hydrogen-bond acceptors (Lipinski definition) is 3. The van der Waals surface area contributed by atoms with Gasteiger partial charge in [-0.15, -0.1) is 0 Å². The van der Waals surface area contributed by atoms with Crippen LogP contribution in [0.1, 0.15) is 24.8 Å². The van der Waals surface area contributed by atoms with Crippen molar-refractivity contribution >= 4 is 5.91 Å². The van der Waals surface area contributed by atoms with Crippen molar-refractivity contribution in [3.63, 3.8) is 0 Å². The average molecular weight is 288 g/mol. The monoisotopic (exact) mass is 288 g/mol. The second-order valence-electron chi connectivity index (χ2n) is 5.38. The van der Waals surface area contributed by atoms with Crippen LogP contribution in [0.2, 0.25) is 0 Å². The molecule has 21 heavy (non-hydrogen) atoms. The summed E-state index contributed by atoms with van der Waals surface area (Å²) in [5.41, 5.74) is 0.996. The van der Waals surface area contributed by atoms with Crippen molar-refractivity contribution in [3.05, 3.63) is 42.5 Å². The van der Waals surface area contributed by atoms with E-state index in [0.717, 1.165) is 30.8 Å². The first kappa shape index (κ1) is 15.6.